The zero-order valence-electron chi connectivity index (χ0n) is 27.4. The third-order valence-electron chi connectivity index (χ3n) is 7.66. The number of nitrogens with two attached hydrogens (primary N) is 3. The first-order valence-electron chi connectivity index (χ1n) is 15.7. The van der Waals surface area contributed by atoms with Crippen molar-refractivity contribution < 1.29 is 4.79 Å². The maximum absolute atomic E-state index is 13.5. The van der Waals surface area contributed by atoms with Crippen LogP contribution in [0.1, 0.15) is 36.7 Å². The average Bonchev–Trinajstić information content (AvgIpc) is 3.69. The fraction of sp³-hybridized carbons (Fsp3) is 0.314. The van der Waals surface area contributed by atoms with E-state index < -0.39 is 0 Å². The summed E-state index contributed by atoms with van der Waals surface area (Å²) < 4.78 is 2.04. The van der Waals surface area contributed by atoms with E-state index in [9.17, 15) is 4.79 Å². The second-order valence-corrected chi connectivity index (χ2v) is 10.9. The van der Waals surface area contributed by atoms with E-state index >= 15 is 0 Å². The molecule has 11 nitrogen and oxygen atoms in total. The van der Waals surface area contributed by atoms with E-state index in [1.165, 1.54) is 11.3 Å². The summed E-state index contributed by atoms with van der Waals surface area (Å²) in [6.45, 7) is 11.5. The fourth-order valence-electron chi connectivity index (χ4n) is 5.46. The molecule has 242 valence electrons. The number of nitrogens with one attached hydrogen (secondary N) is 1. The number of piperazine rings is 1. The van der Waals surface area contributed by atoms with E-state index in [0.717, 1.165) is 40.5 Å². The highest BCUT2D eigenvalue weighted by Gasteiger charge is 2.28. The Morgan fingerprint density at radius 3 is 2.43 bits per heavy atom. The molecule has 0 bridgehead atoms. The number of carbonyl (C=O) groups is 1. The summed E-state index contributed by atoms with van der Waals surface area (Å²) in [5.74, 6) is 1.75. The minimum absolute atomic E-state index is 0.0535. The van der Waals surface area contributed by atoms with E-state index in [2.05, 4.69) is 58.0 Å². The quantitative estimate of drug-likeness (QED) is 0.160. The number of aromatic nitrogens is 4. The van der Waals surface area contributed by atoms with Crippen molar-refractivity contribution in [2.24, 2.45) is 29.2 Å². The molecule has 1 amide bonds. The van der Waals surface area contributed by atoms with Crippen LogP contribution in [-0.2, 0) is 7.05 Å². The first-order valence-corrected chi connectivity index (χ1v) is 15.7. The molecule has 0 spiro atoms. The maximum atomic E-state index is 13.5. The second kappa shape index (κ2) is 15.7. The van der Waals surface area contributed by atoms with E-state index in [1.54, 1.807) is 0 Å². The van der Waals surface area contributed by atoms with Gasteiger partial charge in [-0.1, -0.05) is 56.3 Å². The molecule has 0 saturated carbocycles. The van der Waals surface area contributed by atoms with E-state index in [0.29, 0.717) is 31.7 Å². The summed E-state index contributed by atoms with van der Waals surface area (Å²) in [6, 6.07) is 24.6. The van der Waals surface area contributed by atoms with Crippen molar-refractivity contribution in [2.75, 3.05) is 37.6 Å². The van der Waals surface area contributed by atoms with Gasteiger partial charge < -0.3 is 36.6 Å². The van der Waals surface area contributed by atoms with Crippen LogP contribution in [0.5, 0.6) is 0 Å². The van der Waals surface area contributed by atoms with E-state index in [4.69, 9.17) is 22.2 Å². The molecule has 1 aliphatic heterocycles. The molecule has 0 aliphatic carbocycles. The number of amides is 1. The van der Waals surface area contributed by atoms with Crippen molar-refractivity contribution in [3.63, 3.8) is 0 Å². The van der Waals surface area contributed by atoms with Gasteiger partial charge in [0.05, 0.1) is 23.8 Å². The second-order valence-electron chi connectivity index (χ2n) is 10.9. The monoisotopic (exact) mass is 622 g/mol. The molecule has 7 N–H and O–H groups in total. The van der Waals surface area contributed by atoms with Crippen LogP contribution in [0.2, 0.25) is 0 Å². The van der Waals surface area contributed by atoms with Crippen molar-refractivity contribution >= 4 is 28.6 Å². The number of guanidine groups is 1. The lowest BCUT2D eigenvalue weighted by Crippen LogP contribution is -2.53. The number of H-pyrrole nitrogens is 1. The predicted molar refractivity (Wildman–Crippen MR) is 189 cm³/mol. The van der Waals surface area contributed by atoms with Crippen molar-refractivity contribution in [3.05, 3.63) is 90.1 Å². The Labute approximate surface area is 271 Å². The maximum Gasteiger partial charge on any atom is 0.254 e. The number of imidazole rings is 2. The Hall–Kier alpha value is -5.16. The Balaban J connectivity index is 0.000000475. The van der Waals surface area contributed by atoms with Gasteiger partial charge in [0.1, 0.15) is 11.5 Å². The molecule has 11 heteroatoms. The highest BCUT2D eigenvalue weighted by molar-refractivity contribution is 5.98. The van der Waals surface area contributed by atoms with Crippen LogP contribution in [0.3, 0.4) is 0 Å². The zero-order valence-corrected chi connectivity index (χ0v) is 27.4. The highest BCUT2D eigenvalue weighted by atomic mass is 16.2. The smallest absolute Gasteiger partial charge is 0.254 e. The number of aromatic amines is 1. The Bertz CT molecular complexity index is 1750. The van der Waals surface area contributed by atoms with Crippen LogP contribution >= 0.6 is 0 Å². The third kappa shape index (κ3) is 7.91. The van der Waals surface area contributed by atoms with Gasteiger partial charge in [0.2, 0.25) is 0 Å². The van der Waals surface area contributed by atoms with Crippen LogP contribution in [-0.4, -0.2) is 75.1 Å². The number of benzene rings is 3. The third-order valence-corrected chi connectivity index (χ3v) is 7.66. The van der Waals surface area contributed by atoms with Crippen LogP contribution in [0.4, 0.5) is 5.69 Å². The minimum atomic E-state index is 0.0535. The number of rotatable bonds is 6. The number of fused-ring (bicyclic) bond motifs is 1. The summed E-state index contributed by atoms with van der Waals surface area (Å²) in [7, 11) is 1.99. The van der Waals surface area contributed by atoms with E-state index in [1.807, 2.05) is 85.1 Å². The Morgan fingerprint density at radius 1 is 1.02 bits per heavy atom. The summed E-state index contributed by atoms with van der Waals surface area (Å²) in [5, 5.41) is 0. The van der Waals surface area contributed by atoms with E-state index in [-0.39, 0.29) is 17.9 Å². The van der Waals surface area contributed by atoms with Gasteiger partial charge in [-0.25, -0.2) is 9.97 Å². The zero-order chi connectivity index (χ0) is 33.2. The summed E-state index contributed by atoms with van der Waals surface area (Å²) in [4.78, 5) is 34.2. The molecule has 46 heavy (non-hydrogen) atoms. The first kappa shape index (κ1) is 33.7. The molecule has 1 atom stereocenters. The number of hydrogen-bond donors (Lipinski definition) is 4. The van der Waals surface area contributed by atoms with Crippen LogP contribution in [0, 0.1) is 6.92 Å². The molecule has 6 rings (SSSR count). The molecule has 5 aromatic rings. The molecule has 1 fully saturated rings. The molecule has 1 saturated heterocycles. The lowest BCUT2D eigenvalue weighted by molar-refractivity contribution is 0.0726. The number of carbonyl (C=O) groups excluding carboxylic acids is 1. The van der Waals surface area contributed by atoms with Gasteiger partial charge in [-0.05, 0) is 49.7 Å². The summed E-state index contributed by atoms with van der Waals surface area (Å²) in [5.41, 5.74) is 21.7. The molecular weight excluding hydrogens is 576 g/mol. The molecule has 3 heterocycles. The standard InChI is InChI=1S/C30H30N6O.C3H10N4.C2H6/c1-20-8-7-11-24(16-20)36-15-14-35(19-21(36)2)30(37)23-12-13-27-25(17-23)33-29(34(27)3)26-18-31-28(32-26)22-9-5-4-6-10-22;4-1-2-7-3(5)6;1-2/h4-13,16-18,21H,14-15,19H2,1-3H3,(H,31,32);1-2,4H2,(H4,5,6,7);1-2H3. The largest absolute Gasteiger partial charge is 0.370 e. The van der Waals surface area contributed by atoms with Gasteiger partial charge >= 0.3 is 0 Å². The number of nitrogens with zero attached hydrogens (tertiary/aromatic N) is 6. The lowest BCUT2D eigenvalue weighted by Gasteiger charge is -2.41. The topological polar surface area (TPSA) is 160 Å². The fourth-order valence-corrected chi connectivity index (χ4v) is 5.46. The number of aliphatic imine (C=N–C) groups is 1. The minimum Gasteiger partial charge on any atom is -0.370 e. The van der Waals surface area contributed by atoms with Gasteiger partial charge in [-0.15, -0.1) is 0 Å². The summed E-state index contributed by atoms with van der Waals surface area (Å²) in [6.07, 6.45) is 1.81. The van der Waals surface area contributed by atoms with Crippen molar-refractivity contribution in [2.45, 2.75) is 33.7 Å². The molecule has 3 aromatic carbocycles. The Kier molecular flexibility index (Phi) is 11.5. The van der Waals surface area contributed by atoms with Crippen LogP contribution in [0.15, 0.2) is 84.0 Å². The van der Waals surface area contributed by atoms with Crippen molar-refractivity contribution in [1.29, 1.82) is 0 Å². The SMILES string of the molecule is CC.Cc1cccc(N2CCN(C(=O)c3ccc4c(c3)nc(-c3cnc(-c5ccccc5)[nH]3)n4C)CC2C)c1.NCCN=C(N)N. The first-order chi connectivity index (χ1) is 22.2. The summed E-state index contributed by atoms with van der Waals surface area (Å²) >= 11 is 0. The Morgan fingerprint density at radius 2 is 1.78 bits per heavy atom. The predicted octanol–water partition coefficient (Wildman–Crippen LogP) is 4.53. The van der Waals surface area contributed by atoms with Gasteiger partial charge in [0.15, 0.2) is 11.8 Å². The molecule has 1 unspecified atom stereocenters. The molecule has 1 aliphatic rings. The van der Waals surface area contributed by atoms with Gasteiger partial charge in [0, 0.05) is 56.1 Å². The van der Waals surface area contributed by atoms with Gasteiger partial charge in [-0.2, -0.15) is 0 Å². The normalized spacial score (nSPS) is 14.2. The molecular formula is C35H46N10O. The van der Waals surface area contributed by atoms with Crippen LogP contribution < -0.4 is 22.1 Å². The number of anilines is 1. The van der Waals surface area contributed by atoms with Crippen LogP contribution in [0.25, 0.3) is 33.9 Å². The molecule has 0 radical (unpaired) electrons. The van der Waals surface area contributed by atoms with Crippen molar-refractivity contribution in [1.82, 2.24) is 24.4 Å². The average molecular weight is 623 g/mol. The number of hydrogen-bond acceptors (Lipinski definition) is 6. The number of aryl methyl sites for hydroxylation is 2. The lowest BCUT2D eigenvalue weighted by atomic mass is 10.1. The molecule has 2 aromatic heterocycles. The van der Waals surface area contributed by atoms with Crippen molar-refractivity contribution in [3.8, 4) is 22.9 Å². The highest BCUT2D eigenvalue weighted by Crippen LogP contribution is 2.27. The van der Waals surface area contributed by atoms with Gasteiger partial charge in [-0.3, -0.25) is 9.79 Å². The van der Waals surface area contributed by atoms with Gasteiger partial charge in [0.25, 0.3) is 5.91 Å².